The molecule has 0 saturated carbocycles. The fourth-order valence-electron chi connectivity index (χ4n) is 4.35. The van der Waals surface area contributed by atoms with Gasteiger partial charge in [0.05, 0.1) is 0 Å². The highest BCUT2D eigenvalue weighted by Crippen LogP contribution is 2.23. The number of piperazine rings is 1. The zero-order chi connectivity index (χ0) is 28.6. The number of hydrogen-bond acceptors (Lipinski definition) is 7. The summed E-state index contributed by atoms with van der Waals surface area (Å²) in [7, 11) is 0. The van der Waals surface area contributed by atoms with E-state index in [0.717, 1.165) is 24.2 Å². The van der Waals surface area contributed by atoms with Crippen molar-refractivity contribution in [1.29, 1.82) is 0 Å². The Bertz CT molecular complexity index is 1490. The summed E-state index contributed by atoms with van der Waals surface area (Å²) < 4.78 is 0. The van der Waals surface area contributed by atoms with Crippen LogP contribution in [0.15, 0.2) is 85.1 Å². The first kappa shape index (κ1) is 27.7. The van der Waals surface area contributed by atoms with Crippen molar-refractivity contribution >= 4 is 45.9 Å². The average Bonchev–Trinajstić information content (AvgIpc) is 2.97. The maximum Gasteiger partial charge on any atom is 0.323 e. The molecule has 0 atom stereocenters. The van der Waals surface area contributed by atoms with Gasteiger partial charge in [-0.15, -0.1) is 0 Å². The number of urea groups is 1. The van der Waals surface area contributed by atoms with E-state index in [9.17, 15) is 19.5 Å². The van der Waals surface area contributed by atoms with Crippen LogP contribution in [0.4, 0.5) is 22.0 Å². The van der Waals surface area contributed by atoms with E-state index in [1.54, 1.807) is 77.8 Å². The predicted octanol–water partition coefficient (Wildman–Crippen LogP) is 3.14. The number of nitrogens with zero attached hydrogens (tertiary/aromatic N) is 4. The molecule has 3 aromatic carbocycles. The van der Waals surface area contributed by atoms with E-state index in [0.29, 0.717) is 35.5 Å². The molecule has 1 aliphatic rings. The molecule has 1 aliphatic heterocycles. The molecule has 1 aromatic heterocycles. The van der Waals surface area contributed by atoms with Gasteiger partial charge in [-0.3, -0.25) is 14.5 Å². The molecule has 11 heteroatoms. The molecule has 5 rings (SSSR count). The van der Waals surface area contributed by atoms with E-state index >= 15 is 0 Å². The van der Waals surface area contributed by atoms with Crippen LogP contribution in [0.1, 0.15) is 10.4 Å². The number of aromatic nitrogens is 1. The van der Waals surface area contributed by atoms with Gasteiger partial charge < -0.3 is 31.5 Å². The van der Waals surface area contributed by atoms with Crippen molar-refractivity contribution in [3.05, 3.63) is 90.6 Å². The number of carbonyl (C=O) groups is 3. The Morgan fingerprint density at radius 1 is 0.900 bits per heavy atom. The van der Waals surface area contributed by atoms with Crippen molar-refractivity contribution in [2.75, 3.05) is 48.3 Å². The number of rotatable bonds is 5. The second-order valence-electron chi connectivity index (χ2n) is 9.08. The SMILES string of the molecule is NC(=O)N1CCN(c2ccc(O)cc2)CC1.Nc1nccc2ccc(C(=O)N(CC(=O)O)c3ccccc3)cc12. The number of carboxylic acids is 1. The lowest BCUT2D eigenvalue weighted by atomic mass is 10.1. The van der Waals surface area contributed by atoms with Gasteiger partial charge in [-0.25, -0.2) is 9.78 Å². The summed E-state index contributed by atoms with van der Waals surface area (Å²) in [4.78, 5) is 44.0. The molecule has 206 valence electrons. The largest absolute Gasteiger partial charge is 0.508 e. The van der Waals surface area contributed by atoms with Crippen LogP contribution in [0.2, 0.25) is 0 Å². The summed E-state index contributed by atoms with van der Waals surface area (Å²) in [6.45, 7) is 2.41. The minimum Gasteiger partial charge on any atom is -0.508 e. The minimum atomic E-state index is -1.09. The number of nitrogen functional groups attached to an aromatic ring is 1. The van der Waals surface area contributed by atoms with Crippen LogP contribution >= 0.6 is 0 Å². The average molecular weight is 543 g/mol. The van der Waals surface area contributed by atoms with E-state index in [1.165, 1.54) is 4.90 Å². The summed E-state index contributed by atoms with van der Waals surface area (Å²) in [5.74, 6) is -0.908. The van der Waals surface area contributed by atoms with Crippen molar-refractivity contribution in [3.8, 4) is 5.75 Å². The highest BCUT2D eigenvalue weighted by Gasteiger charge is 2.21. The standard InChI is InChI=1S/C18H15N3O3.C11H15N3O2/c19-17-15-10-13(7-6-12(15)8-9-20-17)18(24)21(11-16(22)23)14-4-2-1-3-5-14;12-11(16)14-7-5-13(6-8-14)9-1-3-10(15)4-2-9/h1-10H,11H2,(H2,19,20)(H,22,23);1-4,15H,5-8H2,(H2,12,16). The molecule has 0 radical (unpaired) electrons. The number of phenolic OH excluding ortho intramolecular Hbond substituents is 1. The quantitative estimate of drug-likeness (QED) is 0.298. The van der Waals surface area contributed by atoms with Gasteiger partial charge >= 0.3 is 12.0 Å². The number of para-hydroxylation sites is 1. The van der Waals surface area contributed by atoms with E-state index in [2.05, 4.69) is 9.88 Å². The number of hydrogen-bond donors (Lipinski definition) is 4. The van der Waals surface area contributed by atoms with E-state index in [1.807, 2.05) is 12.1 Å². The number of fused-ring (bicyclic) bond motifs is 1. The molecule has 2 heterocycles. The van der Waals surface area contributed by atoms with Gasteiger partial charge in [-0.1, -0.05) is 24.3 Å². The number of aromatic hydroxyl groups is 1. The third kappa shape index (κ3) is 6.76. The molecule has 3 amide bonds. The van der Waals surface area contributed by atoms with E-state index in [-0.39, 0.29) is 11.8 Å². The lowest BCUT2D eigenvalue weighted by molar-refractivity contribution is -0.135. The minimum absolute atomic E-state index is 0.263. The molecular formula is C29H30N6O5. The Balaban J connectivity index is 0.000000201. The Kier molecular flexibility index (Phi) is 8.65. The number of aliphatic carboxylic acids is 1. The first-order valence-corrected chi connectivity index (χ1v) is 12.5. The van der Waals surface area contributed by atoms with Crippen molar-refractivity contribution in [1.82, 2.24) is 9.88 Å². The van der Waals surface area contributed by atoms with Gasteiger partial charge in [0.25, 0.3) is 5.91 Å². The van der Waals surface area contributed by atoms with Gasteiger partial charge in [0.1, 0.15) is 18.1 Å². The Hall–Kier alpha value is -5.32. The monoisotopic (exact) mass is 542 g/mol. The third-order valence-electron chi connectivity index (χ3n) is 6.46. The molecule has 1 saturated heterocycles. The van der Waals surface area contributed by atoms with Crippen molar-refractivity contribution < 1.29 is 24.6 Å². The van der Waals surface area contributed by atoms with Crippen molar-refractivity contribution in [3.63, 3.8) is 0 Å². The maximum absolute atomic E-state index is 12.8. The molecule has 0 aliphatic carbocycles. The van der Waals surface area contributed by atoms with Gasteiger partial charge in [0.15, 0.2) is 0 Å². The molecule has 0 spiro atoms. The molecule has 1 fully saturated rings. The fraction of sp³-hybridized carbons (Fsp3) is 0.172. The highest BCUT2D eigenvalue weighted by molar-refractivity contribution is 6.10. The Morgan fingerprint density at radius 2 is 1.57 bits per heavy atom. The number of primary amides is 1. The van der Waals surface area contributed by atoms with Crippen molar-refractivity contribution in [2.24, 2.45) is 5.73 Å². The zero-order valence-electron chi connectivity index (χ0n) is 21.7. The first-order valence-electron chi connectivity index (χ1n) is 12.5. The number of amides is 3. The first-order chi connectivity index (χ1) is 19.2. The smallest absolute Gasteiger partial charge is 0.323 e. The molecule has 6 N–H and O–H groups in total. The molecule has 4 aromatic rings. The van der Waals surface area contributed by atoms with Crippen LogP contribution < -0.4 is 21.3 Å². The van der Waals surface area contributed by atoms with Crippen LogP contribution in [-0.2, 0) is 4.79 Å². The Morgan fingerprint density at radius 3 is 2.20 bits per heavy atom. The summed E-state index contributed by atoms with van der Waals surface area (Å²) in [5, 5.41) is 19.8. The van der Waals surface area contributed by atoms with Crippen LogP contribution in [0.3, 0.4) is 0 Å². The van der Waals surface area contributed by atoms with E-state index in [4.69, 9.17) is 16.6 Å². The normalized spacial score (nSPS) is 12.8. The fourth-order valence-corrected chi connectivity index (χ4v) is 4.35. The zero-order valence-corrected chi connectivity index (χ0v) is 21.7. The van der Waals surface area contributed by atoms with Crippen LogP contribution in [0.25, 0.3) is 10.8 Å². The Labute approximate surface area is 230 Å². The molecule has 0 bridgehead atoms. The van der Waals surface area contributed by atoms with Gasteiger partial charge in [-0.05, 0) is 60.0 Å². The number of phenols is 1. The van der Waals surface area contributed by atoms with E-state index < -0.39 is 18.4 Å². The van der Waals surface area contributed by atoms with Gasteiger partial charge in [-0.2, -0.15) is 0 Å². The molecular weight excluding hydrogens is 512 g/mol. The second-order valence-corrected chi connectivity index (χ2v) is 9.08. The number of carbonyl (C=O) groups excluding carboxylic acids is 2. The summed E-state index contributed by atoms with van der Waals surface area (Å²) in [6, 6.07) is 22.3. The maximum atomic E-state index is 12.8. The number of carboxylic acid groups (broad SMARTS) is 1. The summed E-state index contributed by atoms with van der Waals surface area (Å²) >= 11 is 0. The van der Waals surface area contributed by atoms with Gasteiger partial charge in [0.2, 0.25) is 0 Å². The van der Waals surface area contributed by atoms with Crippen LogP contribution in [-0.4, -0.2) is 70.7 Å². The van der Waals surface area contributed by atoms with Crippen LogP contribution in [0, 0.1) is 0 Å². The number of anilines is 3. The summed E-state index contributed by atoms with van der Waals surface area (Å²) in [5.41, 5.74) is 13.0. The number of pyridine rings is 1. The topological polar surface area (TPSA) is 166 Å². The molecule has 40 heavy (non-hydrogen) atoms. The van der Waals surface area contributed by atoms with Crippen molar-refractivity contribution in [2.45, 2.75) is 0 Å². The lowest BCUT2D eigenvalue weighted by Gasteiger charge is -2.35. The molecule has 11 nitrogen and oxygen atoms in total. The lowest BCUT2D eigenvalue weighted by Crippen LogP contribution is -2.50. The molecule has 0 unspecified atom stereocenters. The summed E-state index contributed by atoms with van der Waals surface area (Å²) in [6.07, 6.45) is 1.60. The second kappa shape index (κ2) is 12.5. The highest BCUT2D eigenvalue weighted by atomic mass is 16.4. The number of benzene rings is 3. The third-order valence-corrected chi connectivity index (χ3v) is 6.46. The predicted molar refractivity (Wildman–Crippen MR) is 153 cm³/mol. The van der Waals surface area contributed by atoms with Gasteiger partial charge in [0, 0.05) is 54.7 Å². The van der Waals surface area contributed by atoms with Crippen LogP contribution in [0.5, 0.6) is 5.75 Å². The number of nitrogens with two attached hydrogens (primary N) is 2.